The quantitative estimate of drug-likeness (QED) is 0.733. The second-order valence-electron chi connectivity index (χ2n) is 2.57. The number of hydrogen-bond acceptors (Lipinski definition) is 4. The molecule has 0 spiro atoms. The second-order valence-corrected chi connectivity index (χ2v) is 3.46. The van der Waals surface area contributed by atoms with Gasteiger partial charge in [-0.2, -0.15) is 5.10 Å². The number of nitrogens with two attached hydrogens (primary N) is 1. The molecule has 1 unspecified atom stereocenters. The van der Waals surface area contributed by atoms with Gasteiger partial charge in [0, 0.05) is 17.1 Å². The van der Waals surface area contributed by atoms with Gasteiger partial charge in [-0.05, 0) is 0 Å². The molecule has 2 aromatic heterocycles. The Labute approximate surface area is 77.4 Å². The van der Waals surface area contributed by atoms with Crippen molar-refractivity contribution in [3.05, 3.63) is 23.3 Å². The standard InChI is InChI=1S/C7H7N3O2S/c8-5(7(11)12)4-3-9-10-1-2-13-6(4)10/h1-3,5H,8H2,(H,11,12). The van der Waals surface area contributed by atoms with Crippen molar-refractivity contribution in [1.29, 1.82) is 0 Å². The van der Waals surface area contributed by atoms with E-state index in [0.29, 0.717) is 5.56 Å². The number of nitrogens with zero attached hydrogens (tertiary/aromatic N) is 2. The lowest BCUT2D eigenvalue weighted by Gasteiger charge is -2.01. The highest BCUT2D eigenvalue weighted by atomic mass is 32.1. The van der Waals surface area contributed by atoms with Crippen LogP contribution in [0.25, 0.3) is 4.83 Å². The van der Waals surface area contributed by atoms with Gasteiger partial charge in [0.1, 0.15) is 10.9 Å². The predicted octanol–water partition coefficient (Wildman–Crippen LogP) is 0.480. The second kappa shape index (κ2) is 2.82. The van der Waals surface area contributed by atoms with Crippen LogP contribution in [-0.4, -0.2) is 20.7 Å². The molecule has 0 aliphatic rings. The maximum atomic E-state index is 10.6. The molecule has 6 heteroatoms. The summed E-state index contributed by atoms with van der Waals surface area (Å²) in [5.41, 5.74) is 6.02. The first-order chi connectivity index (χ1) is 6.20. The molecule has 2 aromatic rings. The summed E-state index contributed by atoms with van der Waals surface area (Å²) >= 11 is 1.42. The Morgan fingerprint density at radius 2 is 2.54 bits per heavy atom. The molecule has 0 aromatic carbocycles. The largest absolute Gasteiger partial charge is 0.480 e. The summed E-state index contributed by atoms with van der Waals surface area (Å²) in [7, 11) is 0. The van der Waals surface area contributed by atoms with E-state index in [1.165, 1.54) is 17.5 Å². The summed E-state index contributed by atoms with van der Waals surface area (Å²) in [5.74, 6) is -1.04. The highest BCUT2D eigenvalue weighted by Crippen LogP contribution is 2.21. The van der Waals surface area contributed by atoms with Crippen LogP contribution in [0.2, 0.25) is 0 Å². The van der Waals surface area contributed by atoms with Crippen molar-refractivity contribution in [1.82, 2.24) is 9.61 Å². The summed E-state index contributed by atoms with van der Waals surface area (Å²) in [6, 6.07) is -0.990. The van der Waals surface area contributed by atoms with E-state index in [-0.39, 0.29) is 0 Å². The van der Waals surface area contributed by atoms with Crippen molar-refractivity contribution in [3.63, 3.8) is 0 Å². The molecular formula is C7H7N3O2S. The summed E-state index contributed by atoms with van der Waals surface area (Å²) in [4.78, 5) is 11.4. The summed E-state index contributed by atoms with van der Waals surface area (Å²) < 4.78 is 1.61. The minimum absolute atomic E-state index is 0.558. The van der Waals surface area contributed by atoms with Crippen LogP contribution in [0.3, 0.4) is 0 Å². The van der Waals surface area contributed by atoms with Crippen molar-refractivity contribution in [2.45, 2.75) is 6.04 Å². The fourth-order valence-electron chi connectivity index (χ4n) is 1.09. The summed E-state index contributed by atoms with van der Waals surface area (Å²) in [5, 5.41) is 14.5. The third kappa shape index (κ3) is 1.20. The predicted molar refractivity (Wildman–Crippen MR) is 47.6 cm³/mol. The number of rotatable bonds is 2. The Morgan fingerprint density at radius 1 is 1.77 bits per heavy atom. The lowest BCUT2D eigenvalue weighted by molar-refractivity contribution is -0.138. The van der Waals surface area contributed by atoms with Crippen LogP contribution in [0.4, 0.5) is 0 Å². The first kappa shape index (κ1) is 8.21. The molecule has 0 radical (unpaired) electrons. The SMILES string of the molecule is NC(C(=O)O)c1cnn2ccsc12. The van der Waals surface area contributed by atoms with Gasteiger partial charge in [0.05, 0.1) is 6.20 Å². The molecule has 2 rings (SSSR count). The lowest BCUT2D eigenvalue weighted by Crippen LogP contribution is -2.20. The van der Waals surface area contributed by atoms with Crippen LogP contribution in [-0.2, 0) is 4.79 Å². The topological polar surface area (TPSA) is 80.6 Å². The van der Waals surface area contributed by atoms with Gasteiger partial charge in [-0.1, -0.05) is 0 Å². The fourth-order valence-corrected chi connectivity index (χ4v) is 1.93. The monoisotopic (exact) mass is 197 g/mol. The zero-order valence-corrected chi connectivity index (χ0v) is 7.36. The Hall–Kier alpha value is -1.40. The van der Waals surface area contributed by atoms with Gasteiger partial charge in [0.2, 0.25) is 0 Å². The smallest absolute Gasteiger partial charge is 0.325 e. The van der Waals surface area contributed by atoms with Crippen LogP contribution in [0.1, 0.15) is 11.6 Å². The number of carboxylic acid groups (broad SMARTS) is 1. The van der Waals surface area contributed by atoms with Gasteiger partial charge in [-0.3, -0.25) is 4.79 Å². The number of hydrogen-bond donors (Lipinski definition) is 2. The zero-order chi connectivity index (χ0) is 9.42. The number of aliphatic carboxylic acids is 1. The van der Waals surface area contributed by atoms with Gasteiger partial charge in [0.25, 0.3) is 0 Å². The maximum Gasteiger partial charge on any atom is 0.325 e. The van der Waals surface area contributed by atoms with E-state index in [9.17, 15) is 4.79 Å². The van der Waals surface area contributed by atoms with Crippen molar-refractivity contribution in [3.8, 4) is 0 Å². The minimum atomic E-state index is -1.04. The van der Waals surface area contributed by atoms with Crippen LogP contribution in [0.5, 0.6) is 0 Å². The molecule has 68 valence electrons. The first-order valence-corrected chi connectivity index (χ1v) is 4.47. The molecule has 0 amide bonds. The third-order valence-electron chi connectivity index (χ3n) is 1.76. The number of fused-ring (bicyclic) bond motifs is 1. The molecule has 0 fully saturated rings. The fraction of sp³-hybridized carbons (Fsp3) is 0.143. The summed E-state index contributed by atoms with van der Waals surface area (Å²) in [6.07, 6.45) is 3.25. The van der Waals surface area contributed by atoms with E-state index in [1.807, 2.05) is 5.38 Å². The Balaban J connectivity index is 2.54. The van der Waals surface area contributed by atoms with Gasteiger partial charge < -0.3 is 10.8 Å². The molecule has 1 atom stereocenters. The van der Waals surface area contributed by atoms with Gasteiger partial charge in [-0.15, -0.1) is 11.3 Å². The molecule has 3 N–H and O–H groups in total. The molecule has 0 aliphatic carbocycles. The Bertz CT molecular complexity index is 447. The van der Waals surface area contributed by atoms with E-state index in [1.54, 1.807) is 10.7 Å². The molecular weight excluding hydrogens is 190 g/mol. The van der Waals surface area contributed by atoms with Gasteiger partial charge in [-0.25, -0.2) is 4.52 Å². The number of carboxylic acids is 1. The number of aromatic nitrogens is 2. The average Bonchev–Trinajstić information content (AvgIpc) is 2.61. The zero-order valence-electron chi connectivity index (χ0n) is 6.54. The molecule has 0 aliphatic heterocycles. The molecule has 0 saturated carbocycles. The van der Waals surface area contributed by atoms with Gasteiger partial charge >= 0.3 is 5.97 Å². The van der Waals surface area contributed by atoms with E-state index < -0.39 is 12.0 Å². The van der Waals surface area contributed by atoms with E-state index in [2.05, 4.69) is 5.10 Å². The molecule has 5 nitrogen and oxygen atoms in total. The van der Waals surface area contributed by atoms with Crippen molar-refractivity contribution >= 4 is 22.1 Å². The third-order valence-corrected chi connectivity index (χ3v) is 2.66. The maximum absolute atomic E-state index is 10.6. The van der Waals surface area contributed by atoms with Crippen molar-refractivity contribution < 1.29 is 9.90 Å². The van der Waals surface area contributed by atoms with E-state index >= 15 is 0 Å². The van der Waals surface area contributed by atoms with Gasteiger partial charge in [0.15, 0.2) is 0 Å². The molecule has 0 saturated heterocycles. The Morgan fingerprint density at radius 3 is 3.23 bits per heavy atom. The molecule has 2 heterocycles. The van der Waals surface area contributed by atoms with Crippen molar-refractivity contribution in [2.24, 2.45) is 5.73 Å². The number of thiazole rings is 1. The molecule has 0 bridgehead atoms. The highest BCUT2D eigenvalue weighted by Gasteiger charge is 2.19. The average molecular weight is 197 g/mol. The van der Waals surface area contributed by atoms with E-state index in [0.717, 1.165) is 4.83 Å². The van der Waals surface area contributed by atoms with Crippen molar-refractivity contribution in [2.75, 3.05) is 0 Å². The highest BCUT2D eigenvalue weighted by molar-refractivity contribution is 7.15. The number of carbonyl (C=O) groups is 1. The molecule has 13 heavy (non-hydrogen) atoms. The first-order valence-electron chi connectivity index (χ1n) is 3.59. The van der Waals surface area contributed by atoms with Crippen LogP contribution < -0.4 is 5.73 Å². The van der Waals surface area contributed by atoms with Crippen LogP contribution in [0, 0.1) is 0 Å². The summed E-state index contributed by atoms with van der Waals surface area (Å²) in [6.45, 7) is 0. The minimum Gasteiger partial charge on any atom is -0.480 e. The lowest BCUT2D eigenvalue weighted by atomic mass is 10.2. The normalized spacial score (nSPS) is 13.3. The van der Waals surface area contributed by atoms with Crippen LogP contribution >= 0.6 is 11.3 Å². The van der Waals surface area contributed by atoms with Crippen LogP contribution in [0.15, 0.2) is 17.8 Å². The van der Waals surface area contributed by atoms with E-state index in [4.69, 9.17) is 10.8 Å². The Kier molecular flexibility index (Phi) is 1.78.